The molecule has 2 fully saturated rings. The average Bonchev–Trinajstić information content (AvgIpc) is 3.50. The standard InChI is InChI=1S/C20H21ClN8O/c21-17-6-7-18(24-23-17)28-10-8-13(9-11-28)20(30)22-15-3-1-2-14(12-15)19-25-26-27-29(19)16-4-5-16/h1-3,6-7,12-13,16H,4-5,8-11H2,(H,22,30). The van der Waals surface area contributed by atoms with Gasteiger partial charge in [0.05, 0.1) is 6.04 Å². The highest BCUT2D eigenvalue weighted by Gasteiger charge is 2.29. The number of benzene rings is 1. The maximum Gasteiger partial charge on any atom is 0.227 e. The number of halogens is 1. The molecule has 1 aliphatic heterocycles. The van der Waals surface area contributed by atoms with Gasteiger partial charge in [0.2, 0.25) is 5.91 Å². The van der Waals surface area contributed by atoms with Crippen molar-refractivity contribution in [3.63, 3.8) is 0 Å². The van der Waals surface area contributed by atoms with Crippen molar-refractivity contribution in [2.24, 2.45) is 5.92 Å². The van der Waals surface area contributed by atoms with Gasteiger partial charge in [-0.2, -0.15) is 0 Å². The Hall–Kier alpha value is -3.07. The molecule has 30 heavy (non-hydrogen) atoms. The zero-order valence-corrected chi connectivity index (χ0v) is 17.0. The molecule has 0 spiro atoms. The number of aromatic nitrogens is 6. The Bertz CT molecular complexity index is 1040. The predicted molar refractivity (Wildman–Crippen MR) is 112 cm³/mol. The highest BCUT2D eigenvalue weighted by atomic mass is 35.5. The van der Waals surface area contributed by atoms with Crippen LogP contribution in [0.3, 0.4) is 0 Å². The molecule has 0 unspecified atom stereocenters. The van der Waals surface area contributed by atoms with Crippen LogP contribution in [0.4, 0.5) is 11.5 Å². The first kappa shape index (κ1) is 18.9. The molecule has 2 aromatic heterocycles. The molecule has 1 aliphatic carbocycles. The van der Waals surface area contributed by atoms with Crippen LogP contribution in [0.5, 0.6) is 0 Å². The monoisotopic (exact) mass is 424 g/mol. The molecule has 154 valence electrons. The molecule has 10 heteroatoms. The van der Waals surface area contributed by atoms with Crippen LogP contribution in [0.15, 0.2) is 36.4 Å². The Labute approximate surface area is 178 Å². The fourth-order valence-corrected chi connectivity index (χ4v) is 3.88. The summed E-state index contributed by atoms with van der Waals surface area (Å²) < 4.78 is 1.87. The maximum atomic E-state index is 12.8. The summed E-state index contributed by atoms with van der Waals surface area (Å²) in [5.41, 5.74) is 1.66. The Kier molecular flexibility index (Phi) is 5.04. The highest BCUT2D eigenvalue weighted by Crippen LogP contribution is 2.36. The first-order valence-electron chi connectivity index (χ1n) is 10.1. The molecule has 0 radical (unpaired) electrons. The van der Waals surface area contributed by atoms with E-state index in [0.29, 0.717) is 11.2 Å². The molecular weight excluding hydrogens is 404 g/mol. The Morgan fingerprint density at radius 3 is 2.60 bits per heavy atom. The molecule has 1 amide bonds. The van der Waals surface area contributed by atoms with Gasteiger partial charge in [0.15, 0.2) is 16.8 Å². The smallest absolute Gasteiger partial charge is 0.227 e. The average molecular weight is 425 g/mol. The van der Waals surface area contributed by atoms with Gasteiger partial charge in [-0.15, -0.1) is 15.3 Å². The molecule has 1 aromatic carbocycles. The van der Waals surface area contributed by atoms with E-state index in [-0.39, 0.29) is 11.8 Å². The van der Waals surface area contributed by atoms with E-state index in [2.05, 4.69) is 35.9 Å². The second-order valence-corrected chi connectivity index (χ2v) is 8.11. The van der Waals surface area contributed by atoms with Gasteiger partial charge in [-0.1, -0.05) is 23.7 Å². The van der Waals surface area contributed by atoms with Crippen LogP contribution < -0.4 is 10.2 Å². The number of tetrazole rings is 1. The normalized spacial score (nSPS) is 17.2. The van der Waals surface area contributed by atoms with E-state index in [9.17, 15) is 4.79 Å². The van der Waals surface area contributed by atoms with Crippen molar-refractivity contribution in [1.29, 1.82) is 0 Å². The van der Waals surface area contributed by atoms with Crippen LogP contribution in [-0.2, 0) is 4.79 Å². The highest BCUT2D eigenvalue weighted by molar-refractivity contribution is 6.29. The Balaban J connectivity index is 1.22. The summed E-state index contributed by atoms with van der Waals surface area (Å²) in [6.45, 7) is 1.51. The summed E-state index contributed by atoms with van der Waals surface area (Å²) in [5.74, 6) is 1.53. The van der Waals surface area contributed by atoms with E-state index in [0.717, 1.165) is 61.7 Å². The number of hydrogen-bond donors (Lipinski definition) is 1. The minimum atomic E-state index is -0.0399. The van der Waals surface area contributed by atoms with Crippen molar-refractivity contribution >= 4 is 29.0 Å². The van der Waals surface area contributed by atoms with Crippen LogP contribution in [0, 0.1) is 5.92 Å². The third-order valence-electron chi connectivity index (χ3n) is 5.58. The van der Waals surface area contributed by atoms with Crippen molar-refractivity contribution in [3.8, 4) is 11.4 Å². The summed E-state index contributed by atoms with van der Waals surface area (Å²) in [7, 11) is 0. The van der Waals surface area contributed by atoms with Crippen molar-refractivity contribution in [2.75, 3.05) is 23.3 Å². The molecule has 3 aromatic rings. The van der Waals surface area contributed by atoms with Crippen LogP contribution in [0.1, 0.15) is 31.7 Å². The van der Waals surface area contributed by atoms with Gasteiger partial charge in [-0.05, 0) is 60.4 Å². The fraction of sp³-hybridized carbons (Fsp3) is 0.400. The molecule has 0 atom stereocenters. The third kappa shape index (κ3) is 3.97. The SMILES string of the molecule is O=C(Nc1cccc(-c2nnnn2C2CC2)c1)C1CCN(c2ccc(Cl)nn2)CC1. The summed E-state index contributed by atoms with van der Waals surface area (Å²) in [6, 6.07) is 11.7. The fourth-order valence-electron chi connectivity index (χ4n) is 3.78. The summed E-state index contributed by atoms with van der Waals surface area (Å²) >= 11 is 5.81. The number of hydrogen-bond acceptors (Lipinski definition) is 7. The molecule has 1 N–H and O–H groups in total. The zero-order chi connectivity index (χ0) is 20.5. The zero-order valence-electron chi connectivity index (χ0n) is 16.3. The third-order valence-corrected chi connectivity index (χ3v) is 5.78. The van der Waals surface area contributed by atoms with Gasteiger partial charge in [0.25, 0.3) is 0 Å². The molecule has 5 rings (SSSR count). The molecular formula is C20H21ClN8O. The van der Waals surface area contributed by atoms with E-state index in [1.807, 2.05) is 35.0 Å². The Morgan fingerprint density at radius 1 is 1.03 bits per heavy atom. The minimum absolute atomic E-state index is 0.0378. The van der Waals surface area contributed by atoms with Gasteiger partial charge in [-0.3, -0.25) is 4.79 Å². The largest absolute Gasteiger partial charge is 0.355 e. The summed E-state index contributed by atoms with van der Waals surface area (Å²) in [5, 5.41) is 23.5. The van der Waals surface area contributed by atoms with E-state index >= 15 is 0 Å². The van der Waals surface area contributed by atoms with Crippen LogP contribution in [0.2, 0.25) is 5.15 Å². The van der Waals surface area contributed by atoms with Crippen molar-refractivity contribution < 1.29 is 4.79 Å². The first-order chi connectivity index (χ1) is 14.7. The minimum Gasteiger partial charge on any atom is -0.355 e. The molecule has 9 nitrogen and oxygen atoms in total. The van der Waals surface area contributed by atoms with Gasteiger partial charge in [0.1, 0.15) is 0 Å². The molecule has 0 bridgehead atoms. The van der Waals surface area contributed by atoms with E-state index in [1.54, 1.807) is 6.07 Å². The number of nitrogens with one attached hydrogen (secondary N) is 1. The van der Waals surface area contributed by atoms with Crippen molar-refractivity contribution in [3.05, 3.63) is 41.6 Å². The quantitative estimate of drug-likeness (QED) is 0.671. The summed E-state index contributed by atoms with van der Waals surface area (Å²) in [6.07, 6.45) is 3.73. The molecule has 1 saturated carbocycles. The van der Waals surface area contributed by atoms with Crippen LogP contribution in [-0.4, -0.2) is 49.4 Å². The summed E-state index contributed by atoms with van der Waals surface area (Å²) in [4.78, 5) is 14.9. The van der Waals surface area contributed by atoms with Crippen LogP contribution >= 0.6 is 11.6 Å². The lowest BCUT2D eigenvalue weighted by Gasteiger charge is -2.31. The van der Waals surface area contributed by atoms with Crippen molar-refractivity contribution in [1.82, 2.24) is 30.4 Å². The van der Waals surface area contributed by atoms with Gasteiger partial charge in [-0.25, -0.2) is 4.68 Å². The number of carbonyl (C=O) groups excluding carboxylic acids is 1. The lowest BCUT2D eigenvalue weighted by molar-refractivity contribution is -0.120. The van der Waals surface area contributed by atoms with E-state index in [4.69, 9.17) is 11.6 Å². The number of piperidine rings is 1. The van der Waals surface area contributed by atoms with Gasteiger partial charge >= 0.3 is 0 Å². The lowest BCUT2D eigenvalue weighted by Crippen LogP contribution is -2.38. The number of nitrogens with zero attached hydrogens (tertiary/aromatic N) is 7. The maximum absolute atomic E-state index is 12.8. The van der Waals surface area contributed by atoms with Gasteiger partial charge < -0.3 is 10.2 Å². The second-order valence-electron chi connectivity index (χ2n) is 7.72. The predicted octanol–water partition coefficient (Wildman–Crippen LogP) is 2.97. The number of anilines is 2. The van der Waals surface area contributed by atoms with Crippen molar-refractivity contribution in [2.45, 2.75) is 31.7 Å². The van der Waals surface area contributed by atoms with E-state index < -0.39 is 0 Å². The Morgan fingerprint density at radius 2 is 1.87 bits per heavy atom. The molecule has 1 saturated heterocycles. The number of carbonyl (C=O) groups is 1. The number of amides is 1. The van der Waals surface area contributed by atoms with Gasteiger partial charge in [0, 0.05) is 30.3 Å². The number of rotatable bonds is 5. The van der Waals surface area contributed by atoms with E-state index in [1.165, 1.54) is 0 Å². The first-order valence-corrected chi connectivity index (χ1v) is 10.5. The molecule has 2 aliphatic rings. The molecule has 3 heterocycles. The van der Waals surface area contributed by atoms with Crippen LogP contribution in [0.25, 0.3) is 11.4 Å². The second kappa shape index (κ2) is 7.98. The topological polar surface area (TPSA) is 102 Å². The lowest BCUT2D eigenvalue weighted by atomic mass is 9.95.